The molecule has 1 unspecified atom stereocenters. The number of nitrogens with two attached hydrogens (primary N) is 1. The SMILES string of the molecule is CC(C)N1CCC(Cn2cncc2[C@H](C)N)C1. The minimum Gasteiger partial charge on any atom is -0.333 e. The van der Waals surface area contributed by atoms with E-state index >= 15 is 0 Å². The third-order valence-corrected chi connectivity index (χ3v) is 3.71. The van der Waals surface area contributed by atoms with Gasteiger partial charge in [-0.25, -0.2) is 4.98 Å². The minimum absolute atomic E-state index is 0.0695. The highest BCUT2D eigenvalue weighted by Crippen LogP contribution is 2.21. The molecule has 1 aliphatic rings. The maximum absolute atomic E-state index is 5.94. The molecule has 2 heterocycles. The third kappa shape index (κ3) is 2.87. The van der Waals surface area contributed by atoms with Crippen LogP contribution in [0.4, 0.5) is 0 Å². The van der Waals surface area contributed by atoms with E-state index < -0.39 is 0 Å². The van der Waals surface area contributed by atoms with Crippen molar-refractivity contribution in [1.82, 2.24) is 14.5 Å². The Morgan fingerprint density at radius 2 is 2.24 bits per heavy atom. The van der Waals surface area contributed by atoms with Gasteiger partial charge in [-0.3, -0.25) is 0 Å². The zero-order valence-corrected chi connectivity index (χ0v) is 11.1. The van der Waals surface area contributed by atoms with Gasteiger partial charge < -0.3 is 15.2 Å². The average molecular weight is 236 g/mol. The summed E-state index contributed by atoms with van der Waals surface area (Å²) in [7, 11) is 0. The lowest BCUT2D eigenvalue weighted by Crippen LogP contribution is -2.29. The predicted octanol–water partition coefficient (Wildman–Crippen LogP) is 1.63. The zero-order chi connectivity index (χ0) is 12.4. The van der Waals surface area contributed by atoms with Crippen LogP contribution < -0.4 is 5.73 Å². The molecule has 1 aromatic heterocycles. The van der Waals surface area contributed by atoms with Crippen molar-refractivity contribution in [3.05, 3.63) is 18.2 Å². The van der Waals surface area contributed by atoms with Crippen LogP contribution in [0.15, 0.2) is 12.5 Å². The first-order valence-electron chi connectivity index (χ1n) is 6.57. The number of hydrogen-bond donors (Lipinski definition) is 1. The number of rotatable bonds is 4. The first kappa shape index (κ1) is 12.6. The molecule has 0 radical (unpaired) electrons. The standard InChI is InChI=1S/C13H24N4/c1-10(2)16-5-4-12(7-16)8-17-9-15-6-13(17)11(3)14/h6,9-12H,4-5,7-8,14H2,1-3H3/t11-,12?/m0/s1. The molecule has 4 nitrogen and oxygen atoms in total. The summed E-state index contributed by atoms with van der Waals surface area (Å²) in [6.45, 7) is 10.0. The Kier molecular flexibility index (Phi) is 3.84. The molecule has 0 amide bonds. The van der Waals surface area contributed by atoms with Crippen LogP contribution in [-0.4, -0.2) is 33.6 Å². The second-order valence-electron chi connectivity index (χ2n) is 5.50. The van der Waals surface area contributed by atoms with Crippen LogP contribution in [0.25, 0.3) is 0 Å². The molecule has 1 fully saturated rings. The lowest BCUT2D eigenvalue weighted by Gasteiger charge is -2.20. The first-order valence-corrected chi connectivity index (χ1v) is 6.57. The van der Waals surface area contributed by atoms with Gasteiger partial charge in [0.2, 0.25) is 0 Å². The molecule has 2 N–H and O–H groups in total. The van der Waals surface area contributed by atoms with E-state index in [1.54, 1.807) is 0 Å². The van der Waals surface area contributed by atoms with Crippen LogP contribution >= 0.6 is 0 Å². The Balaban J connectivity index is 1.96. The summed E-state index contributed by atoms with van der Waals surface area (Å²) in [4.78, 5) is 6.76. The van der Waals surface area contributed by atoms with Crippen molar-refractivity contribution in [2.75, 3.05) is 13.1 Å². The van der Waals surface area contributed by atoms with Crippen molar-refractivity contribution in [2.45, 2.75) is 45.8 Å². The third-order valence-electron chi connectivity index (χ3n) is 3.71. The fourth-order valence-corrected chi connectivity index (χ4v) is 2.62. The minimum atomic E-state index is 0.0695. The molecule has 17 heavy (non-hydrogen) atoms. The number of hydrogen-bond acceptors (Lipinski definition) is 3. The van der Waals surface area contributed by atoms with E-state index in [-0.39, 0.29) is 6.04 Å². The van der Waals surface area contributed by atoms with Crippen LogP contribution in [0.2, 0.25) is 0 Å². The Bertz CT molecular complexity index is 356. The summed E-state index contributed by atoms with van der Waals surface area (Å²) in [6.07, 6.45) is 5.09. The van der Waals surface area contributed by atoms with Gasteiger partial charge in [0, 0.05) is 31.4 Å². The van der Waals surface area contributed by atoms with Gasteiger partial charge in [-0.15, -0.1) is 0 Å². The van der Waals surface area contributed by atoms with Crippen molar-refractivity contribution in [3.63, 3.8) is 0 Å². The molecule has 2 rings (SSSR count). The van der Waals surface area contributed by atoms with E-state index in [0.717, 1.165) is 18.2 Å². The molecule has 1 aromatic rings. The molecule has 0 spiro atoms. The second-order valence-corrected chi connectivity index (χ2v) is 5.50. The maximum Gasteiger partial charge on any atom is 0.0948 e. The molecular weight excluding hydrogens is 212 g/mol. The van der Waals surface area contributed by atoms with Gasteiger partial charge in [-0.1, -0.05) is 0 Å². The van der Waals surface area contributed by atoms with Gasteiger partial charge in [-0.05, 0) is 39.7 Å². The smallest absolute Gasteiger partial charge is 0.0948 e. The fourth-order valence-electron chi connectivity index (χ4n) is 2.62. The van der Waals surface area contributed by atoms with Crippen molar-refractivity contribution in [1.29, 1.82) is 0 Å². The van der Waals surface area contributed by atoms with Gasteiger partial charge in [0.05, 0.1) is 12.0 Å². The number of likely N-dealkylation sites (tertiary alicyclic amines) is 1. The van der Waals surface area contributed by atoms with Crippen LogP contribution in [0.3, 0.4) is 0 Å². The normalized spacial score (nSPS) is 23.5. The lowest BCUT2D eigenvalue weighted by atomic mass is 10.1. The Morgan fingerprint density at radius 1 is 1.47 bits per heavy atom. The average Bonchev–Trinajstić information content (AvgIpc) is 2.86. The highest BCUT2D eigenvalue weighted by atomic mass is 15.2. The summed E-state index contributed by atoms with van der Waals surface area (Å²) in [5.74, 6) is 0.740. The molecule has 1 aliphatic heterocycles. The molecule has 0 bridgehead atoms. The van der Waals surface area contributed by atoms with Crippen LogP contribution in [0.5, 0.6) is 0 Å². The first-order chi connectivity index (χ1) is 8.08. The Labute approximate surface area is 104 Å². The lowest BCUT2D eigenvalue weighted by molar-refractivity contribution is 0.260. The molecular formula is C13H24N4. The van der Waals surface area contributed by atoms with E-state index in [1.165, 1.54) is 19.5 Å². The fraction of sp³-hybridized carbons (Fsp3) is 0.769. The molecule has 0 saturated carbocycles. The molecule has 96 valence electrons. The zero-order valence-electron chi connectivity index (χ0n) is 11.1. The molecule has 0 aromatic carbocycles. The summed E-state index contributed by atoms with van der Waals surface area (Å²) in [6, 6.07) is 0.732. The molecule has 1 saturated heterocycles. The van der Waals surface area contributed by atoms with Gasteiger partial charge in [0.1, 0.15) is 0 Å². The largest absolute Gasteiger partial charge is 0.333 e. The highest BCUT2D eigenvalue weighted by molar-refractivity contribution is 5.03. The number of nitrogens with zero attached hydrogens (tertiary/aromatic N) is 3. The van der Waals surface area contributed by atoms with Crippen molar-refractivity contribution < 1.29 is 0 Å². The van der Waals surface area contributed by atoms with Crippen LogP contribution in [0, 0.1) is 5.92 Å². The quantitative estimate of drug-likeness (QED) is 0.864. The monoisotopic (exact) mass is 236 g/mol. The predicted molar refractivity (Wildman–Crippen MR) is 69.6 cm³/mol. The summed E-state index contributed by atoms with van der Waals surface area (Å²) < 4.78 is 2.22. The number of aromatic nitrogens is 2. The van der Waals surface area contributed by atoms with Crippen LogP contribution in [0.1, 0.15) is 38.9 Å². The van der Waals surface area contributed by atoms with Crippen LogP contribution in [-0.2, 0) is 6.54 Å². The van der Waals surface area contributed by atoms with Gasteiger partial charge in [-0.2, -0.15) is 0 Å². The van der Waals surface area contributed by atoms with Crippen molar-refractivity contribution >= 4 is 0 Å². The van der Waals surface area contributed by atoms with E-state index in [1.807, 2.05) is 19.4 Å². The second kappa shape index (κ2) is 5.19. The molecule has 4 heteroatoms. The number of imidazole rings is 1. The van der Waals surface area contributed by atoms with E-state index in [2.05, 4.69) is 28.3 Å². The van der Waals surface area contributed by atoms with E-state index in [9.17, 15) is 0 Å². The summed E-state index contributed by atoms with van der Waals surface area (Å²) in [5.41, 5.74) is 7.08. The topological polar surface area (TPSA) is 47.1 Å². The molecule has 0 aliphatic carbocycles. The van der Waals surface area contributed by atoms with E-state index in [0.29, 0.717) is 6.04 Å². The van der Waals surface area contributed by atoms with Gasteiger partial charge in [0.25, 0.3) is 0 Å². The Morgan fingerprint density at radius 3 is 2.82 bits per heavy atom. The van der Waals surface area contributed by atoms with Crippen molar-refractivity contribution in [2.24, 2.45) is 11.7 Å². The molecule has 2 atom stereocenters. The Hall–Kier alpha value is -0.870. The maximum atomic E-state index is 5.94. The van der Waals surface area contributed by atoms with Gasteiger partial charge in [0.15, 0.2) is 0 Å². The highest BCUT2D eigenvalue weighted by Gasteiger charge is 2.24. The van der Waals surface area contributed by atoms with E-state index in [4.69, 9.17) is 5.73 Å². The van der Waals surface area contributed by atoms with Crippen molar-refractivity contribution in [3.8, 4) is 0 Å². The summed E-state index contributed by atoms with van der Waals surface area (Å²) >= 11 is 0. The summed E-state index contributed by atoms with van der Waals surface area (Å²) in [5, 5.41) is 0. The van der Waals surface area contributed by atoms with Gasteiger partial charge >= 0.3 is 0 Å².